The molecule has 0 aliphatic heterocycles. The first-order chi connectivity index (χ1) is 16.4. The van der Waals surface area contributed by atoms with Crippen molar-refractivity contribution in [1.29, 1.82) is 0 Å². The summed E-state index contributed by atoms with van der Waals surface area (Å²) in [5, 5.41) is 0. The highest BCUT2D eigenvalue weighted by Crippen LogP contribution is 2.62. The van der Waals surface area contributed by atoms with Gasteiger partial charge in [-0.2, -0.15) is 0 Å². The lowest BCUT2D eigenvalue weighted by Gasteiger charge is -2.50. The molecule has 0 amide bonds. The molecule has 4 aliphatic rings. The molecule has 34 heavy (non-hydrogen) atoms. The van der Waals surface area contributed by atoms with Crippen LogP contribution < -0.4 is 4.74 Å². The van der Waals surface area contributed by atoms with Gasteiger partial charge in [0.25, 0.3) is 0 Å². The summed E-state index contributed by atoms with van der Waals surface area (Å²) in [5.41, 5.74) is 5.35. The van der Waals surface area contributed by atoms with Crippen LogP contribution >= 0.6 is 0 Å². The molecule has 2 saturated carbocycles. The average Bonchev–Trinajstić information content (AvgIpc) is 3.15. The number of likely N-dealkylation sites (N-methyl/N-ethyl adjacent to an activating group) is 1. The third kappa shape index (κ3) is 4.08. The Morgan fingerprint density at radius 2 is 1.76 bits per heavy atom. The fourth-order valence-corrected chi connectivity index (χ4v) is 7.36. The van der Waals surface area contributed by atoms with Crippen molar-refractivity contribution in [2.45, 2.75) is 71.6 Å². The van der Waals surface area contributed by atoms with Crippen molar-refractivity contribution in [3.63, 3.8) is 0 Å². The Morgan fingerprint density at radius 3 is 2.50 bits per heavy atom. The molecule has 0 bridgehead atoms. The Kier molecular flexibility index (Phi) is 6.54. The number of rotatable bonds is 7. The Balaban J connectivity index is 1.45. The zero-order valence-electron chi connectivity index (χ0n) is 21.1. The molecule has 1 aromatic carbocycles. The Hall–Kier alpha value is -2.20. The summed E-state index contributed by atoms with van der Waals surface area (Å²) in [6.07, 6.45) is 8.14. The average molecular weight is 462 g/mol. The topological polar surface area (TPSA) is 46.6 Å². The minimum absolute atomic E-state index is 0.218. The molecule has 4 nitrogen and oxygen atoms in total. The number of benzene rings is 1. The van der Waals surface area contributed by atoms with Crippen molar-refractivity contribution in [2.24, 2.45) is 17.3 Å². The van der Waals surface area contributed by atoms with Crippen LogP contribution in [0.25, 0.3) is 0 Å². The number of fused-ring (bicyclic) bond motifs is 4. The zero-order valence-corrected chi connectivity index (χ0v) is 21.1. The van der Waals surface area contributed by atoms with E-state index in [-0.39, 0.29) is 17.1 Å². The van der Waals surface area contributed by atoms with Gasteiger partial charge in [-0.3, -0.25) is 9.59 Å². The summed E-state index contributed by atoms with van der Waals surface area (Å²) >= 11 is 0. The number of nitrogens with zero attached hydrogens (tertiary/aromatic N) is 1. The second-order valence-corrected chi connectivity index (χ2v) is 10.9. The molecular weight excluding hydrogens is 422 g/mol. The minimum Gasteiger partial charge on any atom is -0.492 e. The lowest BCUT2D eigenvalue weighted by Crippen LogP contribution is -2.43. The molecule has 2 unspecified atom stereocenters. The molecule has 4 atom stereocenters. The van der Waals surface area contributed by atoms with E-state index in [4.69, 9.17) is 4.74 Å². The van der Waals surface area contributed by atoms with Gasteiger partial charge in [-0.1, -0.05) is 38.5 Å². The van der Waals surface area contributed by atoms with Crippen LogP contribution in [0.4, 0.5) is 0 Å². The molecular formula is C30H39NO3. The largest absolute Gasteiger partial charge is 0.492 e. The van der Waals surface area contributed by atoms with Crippen LogP contribution in [0.1, 0.15) is 77.2 Å². The summed E-state index contributed by atoms with van der Waals surface area (Å²) in [5.74, 6) is 2.83. The maximum Gasteiger partial charge on any atom is 0.156 e. The first kappa shape index (κ1) is 23.5. The van der Waals surface area contributed by atoms with Gasteiger partial charge in [0.2, 0.25) is 0 Å². The quantitative estimate of drug-likeness (QED) is 0.509. The zero-order chi connectivity index (χ0) is 23.9. The molecule has 1 aromatic rings. The third-order valence-corrected chi connectivity index (χ3v) is 9.30. The van der Waals surface area contributed by atoms with Gasteiger partial charge in [0.05, 0.1) is 0 Å². The van der Waals surface area contributed by atoms with Crippen molar-refractivity contribution in [3.05, 3.63) is 52.6 Å². The fraction of sp³-hybridized carbons (Fsp3) is 0.600. The predicted molar refractivity (Wildman–Crippen MR) is 135 cm³/mol. The second kappa shape index (κ2) is 9.45. The van der Waals surface area contributed by atoms with Crippen LogP contribution in [0.15, 0.2) is 47.1 Å². The van der Waals surface area contributed by atoms with Gasteiger partial charge in [0.15, 0.2) is 5.78 Å². The number of ether oxygens (including phenoxy) is 1. The van der Waals surface area contributed by atoms with Gasteiger partial charge in [-0.05, 0) is 91.9 Å². The van der Waals surface area contributed by atoms with Crippen LogP contribution in [-0.2, 0) is 9.59 Å². The summed E-state index contributed by atoms with van der Waals surface area (Å²) in [6, 6.07) is 8.65. The van der Waals surface area contributed by atoms with Crippen molar-refractivity contribution in [2.75, 3.05) is 26.2 Å². The van der Waals surface area contributed by atoms with Gasteiger partial charge in [0, 0.05) is 30.7 Å². The van der Waals surface area contributed by atoms with E-state index in [1.54, 1.807) is 5.57 Å². The number of carbonyl (C=O) groups is 2. The SMILES string of the molecule is CCN(CC)CCOc1ccc([C@@H]2C[C@]3(C)C(=O)CCC3C3CCC4=CC(=O)CCC4=C32)cc1. The lowest BCUT2D eigenvalue weighted by atomic mass is 9.53. The second-order valence-electron chi connectivity index (χ2n) is 10.9. The molecule has 0 radical (unpaired) electrons. The van der Waals surface area contributed by atoms with E-state index in [1.165, 1.54) is 16.7 Å². The molecule has 0 spiro atoms. The third-order valence-electron chi connectivity index (χ3n) is 9.30. The molecule has 4 heteroatoms. The molecule has 0 N–H and O–H groups in total. The standard InChI is InChI=1S/C30H39NO3/c1-4-31(5-2)16-17-34-23-10-6-20(7-11-23)26-19-30(3)27(14-15-28(30)33)25-12-8-21-18-22(32)9-13-24(21)29(25)26/h6-7,10-11,18,25-27H,4-5,8-9,12-17,19H2,1-3H3/t25?,26-,27?,30-/m0/s1. The van der Waals surface area contributed by atoms with E-state index in [1.807, 2.05) is 6.08 Å². The first-order valence-electron chi connectivity index (χ1n) is 13.4. The van der Waals surface area contributed by atoms with Gasteiger partial charge in [0.1, 0.15) is 18.1 Å². The molecule has 182 valence electrons. The van der Waals surface area contributed by atoms with E-state index in [2.05, 4.69) is 49.9 Å². The van der Waals surface area contributed by atoms with Gasteiger partial charge in [-0.15, -0.1) is 0 Å². The number of carbonyl (C=O) groups excluding carboxylic acids is 2. The maximum atomic E-state index is 13.1. The highest BCUT2D eigenvalue weighted by atomic mass is 16.5. The van der Waals surface area contributed by atoms with Crippen LogP contribution in [0.5, 0.6) is 5.75 Å². The molecule has 0 heterocycles. The molecule has 0 saturated heterocycles. The Bertz CT molecular complexity index is 1020. The van der Waals surface area contributed by atoms with E-state index in [0.717, 1.165) is 63.9 Å². The van der Waals surface area contributed by atoms with Gasteiger partial charge in [-0.25, -0.2) is 0 Å². The Morgan fingerprint density at radius 1 is 1.00 bits per heavy atom. The van der Waals surface area contributed by atoms with Crippen LogP contribution in [0.3, 0.4) is 0 Å². The number of ketones is 2. The monoisotopic (exact) mass is 461 g/mol. The number of hydrogen-bond acceptors (Lipinski definition) is 4. The number of hydrogen-bond donors (Lipinski definition) is 0. The first-order valence-corrected chi connectivity index (χ1v) is 13.4. The summed E-state index contributed by atoms with van der Waals surface area (Å²) in [6.45, 7) is 10.3. The maximum absolute atomic E-state index is 13.1. The predicted octanol–water partition coefficient (Wildman–Crippen LogP) is 5.88. The highest BCUT2D eigenvalue weighted by Gasteiger charge is 2.56. The lowest BCUT2D eigenvalue weighted by molar-refractivity contribution is -0.128. The smallest absolute Gasteiger partial charge is 0.156 e. The number of Topliss-reactive ketones (excluding diaryl/α,β-unsaturated/α-hetero) is 1. The van der Waals surface area contributed by atoms with Gasteiger partial charge < -0.3 is 9.64 Å². The summed E-state index contributed by atoms with van der Waals surface area (Å²) < 4.78 is 6.04. The van der Waals surface area contributed by atoms with E-state index < -0.39 is 0 Å². The van der Waals surface area contributed by atoms with Crippen molar-refractivity contribution in [3.8, 4) is 5.75 Å². The number of allylic oxidation sites excluding steroid dienone is 4. The van der Waals surface area contributed by atoms with Crippen molar-refractivity contribution >= 4 is 11.6 Å². The van der Waals surface area contributed by atoms with Crippen molar-refractivity contribution < 1.29 is 14.3 Å². The molecule has 5 rings (SSSR count). The molecule has 0 aromatic heterocycles. The normalized spacial score (nSPS) is 30.7. The van der Waals surface area contributed by atoms with E-state index in [9.17, 15) is 9.59 Å². The van der Waals surface area contributed by atoms with Crippen LogP contribution in [-0.4, -0.2) is 42.7 Å². The van der Waals surface area contributed by atoms with Gasteiger partial charge >= 0.3 is 0 Å². The Labute approximate surface area is 204 Å². The van der Waals surface area contributed by atoms with Crippen LogP contribution in [0.2, 0.25) is 0 Å². The van der Waals surface area contributed by atoms with E-state index >= 15 is 0 Å². The highest BCUT2D eigenvalue weighted by molar-refractivity contribution is 5.93. The van der Waals surface area contributed by atoms with Crippen LogP contribution in [0, 0.1) is 17.3 Å². The molecule has 2 fully saturated rings. The minimum atomic E-state index is -0.218. The molecule has 4 aliphatic carbocycles. The van der Waals surface area contributed by atoms with E-state index in [0.29, 0.717) is 30.6 Å². The van der Waals surface area contributed by atoms with Crippen molar-refractivity contribution in [1.82, 2.24) is 4.90 Å². The fourth-order valence-electron chi connectivity index (χ4n) is 7.36. The summed E-state index contributed by atoms with van der Waals surface area (Å²) in [4.78, 5) is 27.6. The summed E-state index contributed by atoms with van der Waals surface area (Å²) in [7, 11) is 0.